The summed E-state index contributed by atoms with van der Waals surface area (Å²) in [4.78, 5) is 17.3. The Morgan fingerprint density at radius 1 is 1.12 bits per heavy atom. The second kappa shape index (κ2) is 6.59. The summed E-state index contributed by atoms with van der Waals surface area (Å²) in [7, 11) is 0. The van der Waals surface area contributed by atoms with Crippen LogP contribution in [0.2, 0.25) is 0 Å². The molecule has 0 radical (unpaired) electrons. The molecule has 3 heterocycles. The molecule has 0 saturated heterocycles. The maximum absolute atomic E-state index is 13.5. The molecule has 0 amide bonds. The number of alkyl halides is 2. The van der Waals surface area contributed by atoms with E-state index in [9.17, 15) is 8.78 Å². The van der Waals surface area contributed by atoms with Crippen LogP contribution in [-0.4, -0.2) is 36.8 Å². The smallest absolute Gasteiger partial charge is 0.135 e. The number of anilines is 2. The number of nitrogens with one attached hydrogen (secondary N) is 1. The number of pyridine rings is 1. The SMILES string of the molecule is CC(C)n1cnc2cnc(Nc3ccnc(C4CC(F)C(F)C4)n3)cc21. The van der Waals surface area contributed by atoms with Gasteiger partial charge in [-0.2, -0.15) is 0 Å². The summed E-state index contributed by atoms with van der Waals surface area (Å²) >= 11 is 0. The van der Waals surface area contributed by atoms with Gasteiger partial charge in [-0.05, 0) is 32.8 Å². The van der Waals surface area contributed by atoms with Crippen molar-refractivity contribution < 1.29 is 8.78 Å². The zero-order chi connectivity index (χ0) is 18.3. The van der Waals surface area contributed by atoms with E-state index in [-0.39, 0.29) is 24.8 Å². The molecular formula is C18H20F2N6. The predicted octanol–water partition coefficient (Wildman–Crippen LogP) is 4.10. The molecule has 1 saturated carbocycles. The molecule has 8 heteroatoms. The van der Waals surface area contributed by atoms with Crippen LogP contribution in [0.25, 0.3) is 11.0 Å². The number of aromatic nitrogens is 5. The Labute approximate surface area is 149 Å². The predicted molar refractivity (Wildman–Crippen MR) is 95.0 cm³/mol. The van der Waals surface area contributed by atoms with Crippen LogP contribution in [0.4, 0.5) is 20.4 Å². The first-order valence-corrected chi connectivity index (χ1v) is 8.72. The fraction of sp³-hybridized carbons (Fsp3) is 0.444. The summed E-state index contributed by atoms with van der Waals surface area (Å²) in [6.07, 6.45) is 2.49. The minimum Gasteiger partial charge on any atom is -0.328 e. The maximum atomic E-state index is 13.5. The minimum absolute atomic E-state index is 0.127. The van der Waals surface area contributed by atoms with Crippen LogP contribution in [0.5, 0.6) is 0 Å². The molecule has 0 aromatic carbocycles. The maximum Gasteiger partial charge on any atom is 0.135 e. The topological polar surface area (TPSA) is 68.5 Å². The Balaban J connectivity index is 1.58. The van der Waals surface area contributed by atoms with Crippen LogP contribution in [0.3, 0.4) is 0 Å². The number of rotatable bonds is 4. The molecule has 2 atom stereocenters. The zero-order valence-electron chi connectivity index (χ0n) is 14.6. The highest BCUT2D eigenvalue weighted by Crippen LogP contribution is 2.36. The van der Waals surface area contributed by atoms with E-state index in [2.05, 4.69) is 43.7 Å². The number of nitrogens with zero attached hydrogens (tertiary/aromatic N) is 5. The van der Waals surface area contributed by atoms with E-state index in [1.807, 2.05) is 6.07 Å². The van der Waals surface area contributed by atoms with Gasteiger partial charge in [-0.1, -0.05) is 0 Å². The fourth-order valence-corrected chi connectivity index (χ4v) is 3.33. The van der Waals surface area contributed by atoms with Crippen LogP contribution in [0.15, 0.2) is 30.9 Å². The second-order valence-corrected chi connectivity index (χ2v) is 6.93. The third kappa shape index (κ3) is 3.11. The van der Waals surface area contributed by atoms with E-state index >= 15 is 0 Å². The van der Waals surface area contributed by atoms with Gasteiger partial charge in [-0.15, -0.1) is 0 Å². The lowest BCUT2D eigenvalue weighted by atomic mass is 10.1. The summed E-state index contributed by atoms with van der Waals surface area (Å²) in [6.45, 7) is 4.17. The van der Waals surface area contributed by atoms with E-state index in [1.54, 1.807) is 24.8 Å². The lowest BCUT2D eigenvalue weighted by molar-refractivity contribution is 0.199. The van der Waals surface area contributed by atoms with Gasteiger partial charge >= 0.3 is 0 Å². The van der Waals surface area contributed by atoms with Gasteiger partial charge in [0.1, 0.15) is 35.3 Å². The number of halogens is 2. The number of hydrogen-bond acceptors (Lipinski definition) is 5. The van der Waals surface area contributed by atoms with Crippen molar-refractivity contribution >= 4 is 22.7 Å². The highest BCUT2D eigenvalue weighted by molar-refractivity contribution is 5.78. The van der Waals surface area contributed by atoms with Crippen molar-refractivity contribution in [2.75, 3.05) is 5.32 Å². The van der Waals surface area contributed by atoms with Crippen LogP contribution < -0.4 is 5.32 Å². The van der Waals surface area contributed by atoms with Gasteiger partial charge in [-0.25, -0.2) is 28.7 Å². The first-order valence-electron chi connectivity index (χ1n) is 8.72. The standard InChI is InChI=1S/C18H20F2N6/c1-10(2)26-9-23-14-8-22-17(7-15(14)26)24-16-3-4-21-18(25-16)11-5-12(19)13(20)6-11/h3-4,7-13H,5-6H2,1-2H3,(H,21,22,24,25). The molecule has 3 aromatic heterocycles. The first-order chi connectivity index (χ1) is 12.5. The molecule has 3 aromatic rings. The molecular weight excluding hydrogens is 338 g/mol. The molecule has 1 fully saturated rings. The largest absolute Gasteiger partial charge is 0.328 e. The molecule has 0 bridgehead atoms. The van der Waals surface area contributed by atoms with Gasteiger partial charge < -0.3 is 9.88 Å². The van der Waals surface area contributed by atoms with Gasteiger partial charge in [0, 0.05) is 24.2 Å². The third-order valence-electron chi connectivity index (χ3n) is 4.72. The number of imidazole rings is 1. The summed E-state index contributed by atoms with van der Waals surface area (Å²) in [5.41, 5.74) is 1.80. The lowest BCUT2D eigenvalue weighted by Crippen LogP contribution is -2.06. The van der Waals surface area contributed by atoms with Crippen molar-refractivity contribution in [2.24, 2.45) is 0 Å². The lowest BCUT2D eigenvalue weighted by Gasteiger charge is -2.11. The molecule has 26 heavy (non-hydrogen) atoms. The van der Waals surface area contributed by atoms with Gasteiger partial charge in [0.25, 0.3) is 0 Å². The molecule has 0 aliphatic heterocycles. The van der Waals surface area contributed by atoms with Gasteiger partial charge in [0.15, 0.2) is 0 Å². The van der Waals surface area contributed by atoms with Crippen molar-refractivity contribution in [3.8, 4) is 0 Å². The monoisotopic (exact) mass is 358 g/mol. The van der Waals surface area contributed by atoms with Crippen molar-refractivity contribution in [3.63, 3.8) is 0 Å². The highest BCUT2D eigenvalue weighted by Gasteiger charge is 2.36. The van der Waals surface area contributed by atoms with Gasteiger partial charge in [-0.3, -0.25) is 0 Å². The Bertz CT molecular complexity index is 915. The highest BCUT2D eigenvalue weighted by atomic mass is 19.2. The van der Waals surface area contributed by atoms with Crippen LogP contribution in [-0.2, 0) is 0 Å². The minimum atomic E-state index is -1.43. The van der Waals surface area contributed by atoms with Gasteiger partial charge in [0.2, 0.25) is 0 Å². The van der Waals surface area contributed by atoms with Crippen molar-refractivity contribution in [3.05, 3.63) is 36.7 Å². The Kier molecular flexibility index (Phi) is 4.26. The summed E-state index contributed by atoms with van der Waals surface area (Å²) in [6, 6.07) is 3.91. The van der Waals surface area contributed by atoms with Crippen LogP contribution in [0, 0.1) is 0 Å². The molecule has 1 aliphatic carbocycles. The Morgan fingerprint density at radius 2 is 1.88 bits per heavy atom. The Morgan fingerprint density at radius 3 is 2.62 bits per heavy atom. The van der Waals surface area contributed by atoms with E-state index in [0.29, 0.717) is 17.5 Å². The van der Waals surface area contributed by atoms with Crippen molar-refractivity contribution in [2.45, 2.75) is 51.0 Å². The summed E-state index contributed by atoms with van der Waals surface area (Å²) in [5, 5.41) is 3.15. The molecule has 2 unspecified atom stereocenters. The number of fused-ring (bicyclic) bond motifs is 1. The quantitative estimate of drug-likeness (QED) is 0.760. The van der Waals surface area contributed by atoms with Crippen LogP contribution >= 0.6 is 0 Å². The normalized spacial score (nSPS) is 23.0. The van der Waals surface area contributed by atoms with E-state index in [4.69, 9.17) is 0 Å². The molecule has 6 nitrogen and oxygen atoms in total. The zero-order valence-corrected chi connectivity index (χ0v) is 14.6. The van der Waals surface area contributed by atoms with Crippen molar-refractivity contribution in [1.29, 1.82) is 0 Å². The molecule has 0 spiro atoms. The average molecular weight is 358 g/mol. The van der Waals surface area contributed by atoms with E-state index < -0.39 is 12.3 Å². The van der Waals surface area contributed by atoms with Gasteiger partial charge in [0.05, 0.1) is 18.0 Å². The van der Waals surface area contributed by atoms with Crippen molar-refractivity contribution in [1.82, 2.24) is 24.5 Å². The second-order valence-electron chi connectivity index (χ2n) is 6.93. The van der Waals surface area contributed by atoms with Crippen LogP contribution in [0.1, 0.15) is 44.5 Å². The first kappa shape index (κ1) is 16.8. The Hall–Kier alpha value is -2.64. The molecule has 136 valence electrons. The fourth-order valence-electron chi connectivity index (χ4n) is 3.33. The summed E-state index contributed by atoms with van der Waals surface area (Å²) in [5.74, 6) is 1.35. The average Bonchev–Trinajstić information content (AvgIpc) is 3.18. The summed E-state index contributed by atoms with van der Waals surface area (Å²) < 4.78 is 29.0. The number of hydrogen-bond donors (Lipinski definition) is 1. The molecule has 4 rings (SSSR count). The van der Waals surface area contributed by atoms with E-state index in [0.717, 1.165) is 11.0 Å². The van der Waals surface area contributed by atoms with E-state index in [1.165, 1.54) is 0 Å². The molecule has 1 N–H and O–H groups in total. The third-order valence-corrected chi connectivity index (χ3v) is 4.72. The molecule has 1 aliphatic rings.